The molecule has 0 aliphatic carbocycles. The first-order valence-corrected chi connectivity index (χ1v) is 10.5. The molecule has 2 aromatic carbocycles. The molecule has 3 rings (SSSR count). The predicted octanol–water partition coefficient (Wildman–Crippen LogP) is 4.27. The average molecular weight is 425 g/mol. The van der Waals surface area contributed by atoms with Crippen LogP contribution in [0, 0.1) is 26.2 Å². The minimum absolute atomic E-state index is 0.0889. The summed E-state index contributed by atoms with van der Waals surface area (Å²) in [7, 11) is 0. The Hall–Kier alpha value is -2.77. The normalized spacial score (nSPS) is 11.5. The van der Waals surface area contributed by atoms with Gasteiger partial charge in [-0.1, -0.05) is 35.9 Å². The van der Waals surface area contributed by atoms with Crippen molar-refractivity contribution in [2.24, 2.45) is 10.7 Å². The Kier molecular flexibility index (Phi) is 6.61. The summed E-state index contributed by atoms with van der Waals surface area (Å²) >= 11 is 6.71. The van der Waals surface area contributed by atoms with Crippen LogP contribution in [-0.4, -0.2) is 15.6 Å². The Morgan fingerprint density at radius 2 is 1.90 bits per heavy atom. The van der Waals surface area contributed by atoms with Gasteiger partial charge >= 0.3 is 0 Å². The van der Waals surface area contributed by atoms with Gasteiger partial charge in [-0.3, -0.25) is 5.41 Å². The molecule has 0 bridgehead atoms. The van der Waals surface area contributed by atoms with Crippen LogP contribution in [0.3, 0.4) is 0 Å². The number of amidine groups is 1. The molecule has 1 aromatic heterocycles. The number of rotatable bonds is 5. The van der Waals surface area contributed by atoms with Crippen molar-refractivity contribution in [3.63, 3.8) is 0 Å². The number of aryl methyl sites for hydroxylation is 5. The third kappa shape index (κ3) is 5.40. The van der Waals surface area contributed by atoms with E-state index in [1.807, 2.05) is 60.3 Å². The van der Waals surface area contributed by atoms with E-state index in [-0.39, 0.29) is 5.17 Å². The van der Waals surface area contributed by atoms with Crippen LogP contribution in [0.5, 0.6) is 5.75 Å². The summed E-state index contributed by atoms with van der Waals surface area (Å²) in [5.41, 5.74) is 11.3. The largest absolute Gasteiger partial charge is 0.430 e. The lowest BCUT2D eigenvalue weighted by molar-refractivity contribution is 0.551. The summed E-state index contributed by atoms with van der Waals surface area (Å²) in [5.74, 6) is 1.01. The number of nitrogens with zero attached hydrogens (tertiary/aromatic N) is 2. The van der Waals surface area contributed by atoms with Crippen LogP contribution in [0.25, 0.3) is 0 Å². The standard InChI is InChI=1S/C22H24N4OS2/c1-14-4-6-17(7-5-14)20(23)25-22(28)27-19-13-15(2)18(12-16(19)3)8-9-26-10-11-29-21(26)24/h4-7,10-13,24H,8-9H2,1-3H3,(H2,23,25,28). The van der Waals surface area contributed by atoms with Crippen molar-refractivity contribution in [1.82, 2.24) is 4.57 Å². The van der Waals surface area contributed by atoms with Crippen LogP contribution in [0.15, 0.2) is 53.0 Å². The van der Waals surface area contributed by atoms with E-state index in [9.17, 15) is 0 Å². The lowest BCUT2D eigenvalue weighted by Gasteiger charge is -2.13. The third-order valence-corrected chi connectivity index (χ3v) is 5.58. The number of ether oxygens (including phenoxy) is 1. The fourth-order valence-electron chi connectivity index (χ4n) is 2.95. The summed E-state index contributed by atoms with van der Waals surface area (Å²) < 4.78 is 7.74. The first kappa shape index (κ1) is 21.0. The third-order valence-electron chi connectivity index (χ3n) is 4.69. The Bertz CT molecular complexity index is 1110. The topological polar surface area (TPSA) is 76.4 Å². The molecule has 3 aromatic rings. The zero-order valence-corrected chi connectivity index (χ0v) is 18.4. The van der Waals surface area contributed by atoms with Crippen molar-refractivity contribution >= 4 is 34.6 Å². The highest BCUT2D eigenvalue weighted by atomic mass is 32.1. The second-order valence-electron chi connectivity index (χ2n) is 6.93. The van der Waals surface area contributed by atoms with E-state index in [4.69, 9.17) is 28.1 Å². The van der Waals surface area contributed by atoms with E-state index in [1.165, 1.54) is 16.9 Å². The highest BCUT2D eigenvalue weighted by molar-refractivity contribution is 7.80. The molecule has 0 spiro atoms. The minimum Gasteiger partial charge on any atom is -0.430 e. The van der Waals surface area contributed by atoms with Crippen LogP contribution in [-0.2, 0) is 13.0 Å². The minimum atomic E-state index is 0.0889. The van der Waals surface area contributed by atoms with Gasteiger partial charge in [-0.05, 0) is 62.2 Å². The van der Waals surface area contributed by atoms with E-state index in [0.717, 1.165) is 35.2 Å². The van der Waals surface area contributed by atoms with Gasteiger partial charge in [0.1, 0.15) is 11.6 Å². The first-order valence-electron chi connectivity index (χ1n) is 9.25. The highest BCUT2D eigenvalue weighted by Gasteiger charge is 2.09. The molecule has 0 amide bonds. The second kappa shape index (κ2) is 9.15. The Labute approximate surface area is 180 Å². The predicted molar refractivity (Wildman–Crippen MR) is 123 cm³/mol. The maximum atomic E-state index is 7.88. The van der Waals surface area contributed by atoms with Crippen LogP contribution in [0.1, 0.15) is 27.8 Å². The molecule has 29 heavy (non-hydrogen) atoms. The molecule has 0 unspecified atom stereocenters. The molecular weight excluding hydrogens is 400 g/mol. The molecule has 7 heteroatoms. The molecular formula is C22H24N4OS2. The number of hydrogen-bond acceptors (Lipinski definition) is 4. The van der Waals surface area contributed by atoms with Gasteiger partial charge in [0, 0.05) is 23.7 Å². The zero-order chi connectivity index (χ0) is 21.0. The first-order chi connectivity index (χ1) is 13.8. The number of aliphatic imine (C=N–C) groups is 1. The highest BCUT2D eigenvalue weighted by Crippen LogP contribution is 2.24. The molecule has 5 nitrogen and oxygen atoms in total. The summed E-state index contributed by atoms with van der Waals surface area (Å²) in [5, 5.41) is 9.90. The molecule has 0 saturated carbocycles. The Balaban J connectivity index is 1.70. The van der Waals surface area contributed by atoms with Gasteiger partial charge in [0.15, 0.2) is 4.80 Å². The molecule has 0 fully saturated rings. The molecule has 0 aliphatic heterocycles. The van der Waals surface area contributed by atoms with Gasteiger partial charge in [0.2, 0.25) is 0 Å². The maximum absolute atomic E-state index is 7.88. The molecule has 150 valence electrons. The van der Waals surface area contributed by atoms with Crippen molar-refractivity contribution in [2.45, 2.75) is 33.7 Å². The quantitative estimate of drug-likeness (QED) is 0.365. The van der Waals surface area contributed by atoms with E-state index in [1.54, 1.807) is 0 Å². The smallest absolute Gasteiger partial charge is 0.290 e. The van der Waals surface area contributed by atoms with Crippen LogP contribution in [0.2, 0.25) is 0 Å². The molecule has 0 saturated heterocycles. The number of thiazole rings is 1. The molecule has 0 aliphatic rings. The summed E-state index contributed by atoms with van der Waals surface area (Å²) in [4.78, 5) is 4.79. The van der Waals surface area contributed by atoms with Crippen LogP contribution in [0.4, 0.5) is 0 Å². The second-order valence-corrected chi connectivity index (χ2v) is 8.17. The van der Waals surface area contributed by atoms with Crippen molar-refractivity contribution in [3.8, 4) is 5.75 Å². The van der Waals surface area contributed by atoms with Crippen LogP contribution < -0.4 is 15.3 Å². The number of nitrogens with one attached hydrogen (secondary N) is 1. The fraction of sp³-hybridized carbons (Fsp3) is 0.227. The number of aromatic nitrogens is 1. The monoisotopic (exact) mass is 424 g/mol. The Morgan fingerprint density at radius 3 is 2.55 bits per heavy atom. The SMILES string of the molecule is Cc1ccc(C(N)=NC(=S)Oc2cc(C)c(CCn3ccsc3=N)cc2C)cc1. The van der Waals surface area contributed by atoms with E-state index in [2.05, 4.69) is 18.0 Å². The van der Waals surface area contributed by atoms with Crippen molar-refractivity contribution in [1.29, 1.82) is 5.41 Å². The van der Waals surface area contributed by atoms with Gasteiger partial charge in [-0.25, -0.2) is 0 Å². The summed E-state index contributed by atoms with van der Waals surface area (Å²) in [6.07, 6.45) is 2.80. The number of benzene rings is 2. The maximum Gasteiger partial charge on any atom is 0.290 e. The van der Waals surface area contributed by atoms with Gasteiger partial charge < -0.3 is 15.0 Å². The Morgan fingerprint density at radius 1 is 1.17 bits per heavy atom. The fourth-order valence-corrected chi connectivity index (χ4v) is 3.77. The van der Waals surface area contributed by atoms with Gasteiger partial charge in [0.25, 0.3) is 5.17 Å². The lowest BCUT2D eigenvalue weighted by atomic mass is 10.0. The molecule has 1 heterocycles. The number of hydrogen-bond donors (Lipinski definition) is 2. The molecule has 0 radical (unpaired) electrons. The van der Waals surface area contributed by atoms with Gasteiger partial charge in [-0.2, -0.15) is 4.99 Å². The van der Waals surface area contributed by atoms with Crippen molar-refractivity contribution in [2.75, 3.05) is 0 Å². The van der Waals surface area contributed by atoms with Gasteiger partial charge in [0.05, 0.1) is 0 Å². The average Bonchev–Trinajstić information content (AvgIpc) is 3.08. The number of nitrogens with two attached hydrogens (primary N) is 1. The summed E-state index contributed by atoms with van der Waals surface area (Å²) in [6.45, 7) is 6.83. The van der Waals surface area contributed by atoms with Gasteiger partial charge in [-0.15, -0.1) is 11.3 Å². The molecule has 3 N–H and O–H groups in total. The summed E-state index contributed by atoms with van der Waals surface area (Å²) in [6, 6.07) is 11.9. The lowest BCUT2D eigenvalue weighted by Crippen LogP contribution is -2.17. The molecule has 0 atom stereocenters. The van der Waals surface area contributed by atoms with Crippen molar-refractivity contribution in [3.05, 3.63) is 80.6 Å². The van der Waals surface area contributed by atoms with E-state index >= 15 is 0 Å². The number of thiocarbonyl (C=S) groups is 1. The van der Waals surface area contributed by atoms with Crippen LogP contribution >= 0.6 is 23.6 Å². The zero-order valence-electron chi connectivity index (χ0n) is 16.7. The van der Waals surface area contributed by atoms with E-state index in [0.29, 0.717) is 16.4 Å². The van der Waals surface area contributed by atoms with Crippen molar-refractivity contribution < 1.29 is 4.74 Å². The van der Waals surface area contributed by atoms with E-state index < -0.39 is 0 Å².